The molecule has 0 aliphatic heterocycles. The number of H-pyrrole nitrogens is 1. The Labute approximate surface area is 122 Å². The summed E-state index contributed by atoms with van der Waals surface area (Å²) in [5.41, 5.74) is 0.756. The lowest BCUT2D eigenvalue weighted by atomic mass is 10.0. The summed E-state index contributed by atoms with van der Waals surface area (Å²) in [6.45, 7) is 0. The molecule has 3 aromatic rings. The number of pyridine rings is 1. The maximum atomic E-state index is 11.6. The number of fused-ring (bicyclic) bond motifs is 1. The van der Waals surface area contributed by atoms with Crippen molar-refractivity contribution in [2.75, 3.05) is 0 Å². The van der Waals surface area contributed by atoms with Gasteiger partial charge in [0.2, 0.25) is 0 Å². The summed E-state index contributed by atoms with van der Waals surface area (Å²) in [5.74, 6) is -0.280. The maximum Gasteiger partial charge on any atom is 0.270 e. The number of nitrogens with zero attached hydrogens (tertiary/aromatic N) is 1. The molecule has 0 saturated heterocycles. The number of aromatic hydroxyl groups is 1. The number of aromatic amines is 1. The summed E-state index contributed by atoms with van der Waals surface area (Å²) >= 11 is 7.16. The topological polar surface area (TPSA) is 76.9 Å². The molecule has 0 saturated carbocycles. The third-order valence-electron chi connectivity index (χ3n) is 2.99. The zero-order valence-electron chi connectivity index (χ0n) is 9.98. The summed E-state index contributed by atoms with van der Waals surface area (Å²) in [5, 5.41) is 22.0. The summed E-state index contributed by atoms with van der Waals surface area (Å²) in [6, 6.07) is 8.85. The first-order valence-electron chi connectivity index (χ1n) is 5.64. The van der Waals surface area contributed by atoms with Crippen molar-refractivity contribution in [3.8, 4) is 22.9 Å². The van der Waals surface area contributed by atoms with E-state index >= 15 is 0 Å². The molecule has 2 aromatic heterocycles. The highest BCUT2D eigenvalue weighted by molar-refractivity contribution is 7.17. The first-order valence-corrected chi connectivity index (χ1v) is 6.90. The molecule has 20 heavy (non-hydrogen) atoms. The van der Waals surface area contributed by atoms with Crippen molar-refractivity contribution in [1.82, 2.24) is 4.98 Å². The Kier molecular flexibility index (Phi) is 2.97. The van der Waals surface area contributed by atoms with Crippen LogP contribution in [0.2, 0.25) is 5.02 Å². The fraction of sp³-hybridized carbons (Fsp3) is 0. The molecule has 2 heterocycles. The number of halogens is 1. The van der Waals surface area contributed by atoms with Gasteiger partial charge in [-0.3, -0.25) is 4.79 Å². The van der Waals surface area contributed by atoms with Gasteiger partial charge in [-0.2, -0.15) is 5.26 Å². The number of rotatable bonds is 1. The van der Waals surface area contributed by atoms with Gasteiger partial charge in [0.05, 0.1) is 5.39 Å². The Balaban J connectivity index is 2.36. The molecule has 0 atom stereocenters. The second-order valence-electron chi connectivity index (χ2n) is 4.15. The van der Waals surface area contributed by atoms with E-state index in [1.807, 2.05) is 17.5 Å². The Morgan fingerprint density at radius 1 is 1.30 bits per heavy atom. The third-order valence-corrected chi connectivity index (χ3v) is 4.13. The van der Waals surface area contributed by atoms with Gasteiger partial charge < -0.3 is 10.1 Å². The average Bonchev–Trinajstić information content (AvgIpc) is 2.84. The Hall–Kier alpha value is -2.29. The second kappa shape index (κ2) is 4.67. The van der Waals surface area contributed by atoms with Gasteiger partial charge in [-0.1, -0.05) is 23.7 Å². The van der Waals surface area contributed by atoms with Crippen molar-refractivity contribution in [3.05, 3.63) is 50.6 Å². The molecule has 98 valence electrons. The summed E-state index contributed by atoms with van der Waals surface area (Å²) in [4.78, 5) is 14.8. The molecule has 2 N–H and O–H groups in total. The standard InChI is InChI=1S/C14H7ClN2O2S/c15-8-3-1-7(2-4-8)10-6-20-14-11(10)12(18)9(5-16)13(19)17-14/h1-4,6H,(H2,17,18,19). The molecular weight excluding hydrogens is 296 g/mol. The first kappa shape index (κ1) is 12.7. The number of benzene rings is 1. The van der Waals surface area contributed by atoms with Crippen LogP contribution >= 0.6 is 22.9 Å². The number of nitriles is 1. The van der Waals surface area contributed by atoms with E-state index in [9.17, 15) is 9.90 Å². The highest BCUT2D eigenvalue weighted by atomic mass is 35.5. The van der Waals surface area contributed by atoms with Gasteiger partial charge in [0.25, 0.3) is 5.56 Å². The monoisotopic (exact) mass is 302 g/mol. The van der Waals surface area contributed by atoms with Crippen molar-refractivity contribution in [3.63, 3.8) is 0 Å². The molecule has 1 aromatic carbocycles. The van der Waals surface area contributed by atoms with E-state index in [-0.39, 0.29) is 11.3 Å². The SMILES string of the molecule is N#Cc1c(O)c2c(-c3ccc(Cl)cc3)csc2[nH]c1=O. The van der Waals surface area contributed by atoms with E-state index in [0.29, 0.717) is 15.2 Å². The molecule has 0 aliphatic carbocycles. The minimum Gasteiger partial charge on any atom is -0.506 e. The van der Waals surface area contributed by atoms with E-state index < -0.39 is 5.56 Å². The van der Waals surface area contributed by atoms with Crippen LogP contribution in [0.5, 0.6) is 5.75 Å². The molecule has 0 aliphatic rings. The molecule has 3 rings (SSSR count). The van der Waals surface area contributed by atoms with Crippen LogP contribution in [0.15, 0.2) is 34.4 Å². The maximum absolute atomic E-state index is 11.6. The average molecular weight is 303 g/mol. The zero-order chi connectivity index (χ0) is 14.3. The molecule has 0 amide bonds. The van der Waals surface area contributed by atoms with E-state index in [4.69, 9.17) is 16.9 Å². The molecule has 6 heteroatoms. The summed E-state index contributed by atoms with van der Waals surface area (Å²) < 4.78 is 0. The highest BCUT2D eigenvalue weighted by Crippen LogP contribution is 2.38. The number of thiophene rings is 1. The lowest BCUT2D eigenvalue weighted by Crippen LogP contribution is -2.09. The van der Waals surface area contributed by atoms with E-state index in [1.54, 1.807) is 18.2 Å². The van der Waals surface area contributed by atoms with Crippen LogP contribution in [0.4, 0.5) is 0 Å². The smallest absolute Gasteiger partial charge is 0.270 e. The quantitative estimate of drug-likeness (QED) is 0.722. The van der Waals surface area contributed by atoms with Crippen LogP contribution in [-0.2, 0) is 0 Å². The number of hydrogen-bond acceptors (Lipinski definition) is 4. The minimum atomic E-state index is -0.581. The van der Waals surface area contributed by atoms with Crippen LogP contribution in [0.3, 0.4) is 0 Å². The lowest BCUT2D eigenvalue weighted by molar-refractivity contribution is 0.479. The predicted octanol–water partition coefficient (Wildman–Crippen LogP) is 3.49. The largest absolute Gasteiger partial charge is 0.506 e. The Bertz CT molecular complexity index is 904. The van der Waals surface area contributed by atoms with E-state index in [1.165, 1.54) is 11.3 Å². The van der Waals surface area contributed by atoms with Crippen LogP contribution in [0.1, 0.15) is 5.56 Å². The molecule has 0 unspecified atom stereocenters. The lowest BCUT2D eigenvalue weighted by Gasteiger charge is -2.03. The number of hydrogen-bond donors (Lipinski definition) is 2. The fourth-order valence-corrected chi connectivity index (χ4v) is 3.12. The van der Waals surface area contributed by atoms with Gasteiger partial charge in [-0.25, -0.2) is 0 Å². The van der Waals surface area contributed by atoms with Crippen LogP contribution < -0.4 is 5.56 Å². The van der Waals surface area contributed by atoms with Gasteiger partial charge in [0.1, 0.15) is 16.6 Å². The molecule has 4 nitrogen and oxygen atoms in total. The number of aromatic nitrogens is 1. The molecular formula is C14H7ClN2O2S. The zero-order valence-corrected chi connectivity index (χ0v) is 11.5. The Morgan fingerprint density at radius 2 is 2.00 bits per heavy atom. The van der Waals surface area contributed by atoms with Gasteiger partial charge in [0, 0.05) is 16.0 Å². The van der Waals surface area contributed by atoms with Crippen molar-refractivity contribution < 1.29 is 5.11 Å². The molecule has 0 fully saturated rings. The normalized spacial score (nSPS) is 10.6. The van der Waals surface area contributed by atoms with Crippen molar-refractivity contribution in [1.29, 1.82) is 5.26 Å². The van der Waals surface area contributed by atoms with Crippen LogP contribution in [0.25, 0.3) is 21.3 Å². The molecule has 0 radical (unpaired) electrons. The summed E-state index contributed by atoms with van der Waals surface area (Å²) in [7, 11) is 0. The van der Waals surface area contributed by atoms with Crippen LogP contribution in [-0.4, -0.2) is 10.1 Å². The van der Waals surface area contributed by atoms with Crippen LogP contribution in [0, 0.1) is 11.3 Å². The van der Waals surface area contributed by atoms with Gasteiger partial charge >= 0.3 is 0 Å². The van der Waals surface area contributed by atoms with Gasteiger partial charge in [-0.05, 0) is 17.7 Å². The molecule has 0 bridgehead atoms. The number of nitrogens with one attached hydrogen (secondary N) is 1. The Morgan fingerprint density at radius 3 is 2.65 bits per heavy atom. The van der Waals surface area contributed by atoms with Crippen molar-refractivity contribution >= 4 is 33.2 Å². The predicted molar refractivity (Wildman–Crippen MR) is 79.3 cm³/mol. The van der Waals surface area contributed by atoms with E-state index in [0.717, 1.165) is 11.1 Å². The highest BCUT2D eigenvalue weighted by Gasteiger charge is 2.17. The first-order chi connectivity index (χ1) is 9.61. The van der Waals surface area contributed by atoms with Gasteiger partial charge in [0.15, 0.2) is 5.56 Å². The van der Waals surface area contributed by atoms with Crippen molar-refractivity contribution in [2.45, 2.75) is 0 Å². The van der Waals surface area contributed by atoms with Gasteiger partial charge in [-0.15, -0.1) is 11.3 Å². The fourth-order valence-electron chi connectivity index (χ4n) is 2.03. The minimum absolute atomic E-state index is 0.272. The third kappa shape index (κ3) is 1.86. The van der Waals surface area contributed by atoms with Crippen molar-refractivity contribution in [2.24, 2.45) is 0 Å². The summed E-state index contributed by atoms with van der Waals surface area (Å²) in [6.07, 6.45) is 0. The second-order valence-corrected chi connectivity index (χ2v) is 5.47. The molecule has 0 spiro atoms. The van der Waals surface area contributed by atoms with E-state index in [2.05, 4.69) is 4.98 Å².